The Labute approximate surface area is 788 Å². The number of nitrogens with two attached hydrogens (primary N) is 2. The molecule has 125 heavy (non-hydrogen) atoms. The first-order chi connectivity index (χ1) is 58.0. The maximum Gasteiger partial charge on any atom is 1.00 e. The molecular weight excluding hydrogens is 1650 g/mol. The van der Waals surface area contributed by atoms with Crippen LogP contribution in [0, 0.1) is 92.7 Å². The maximum absolute atomic E-state index is 13.7. The fourth-order valence-electron chi connectivity index (χ4n) is 29.7. The zero-order valence-electron chi connectivity index (χ0n) is 74.9. The largest absolute Gasteiger partial charge is 1.00 e. The number of aliphatic hydroxyl groups excluding tert-OH is 4. The van der Waals surface area contributed by atoms with Crippen molar-refractivity contribution in [1.29, 1.82) is 0 Å². The van der Waals surface area contributed by atoms with Crippen molar-refractivity contribution in [3.05, 3.63) is 185 Å². The first-order valence-corrected chi connectivity index (χ1v) is 49.3. The number of fused-ring (bicyclic) bond motifs is 12. The molecule has 16 saturated carbocycles. The van der Waals surface area contributed by atoms with Crippen LogP contribution in [0.3, 0.4) is 0 Å². The van der Waals surface area contributed by atoms with Gasteiger partial charge in [0.05, 0.1) is 133 Å². The summed E-state index contributed by atoms with van der Waals surface area (Å²) in [6, 6.07) is 34.7. The molecule has 0 spiro atoms. The Balaban J connectivity index is 0.000000130. The van der Waals surface area contributed by atoms with Crippen molar-refractivity contribution in [2.45, 2.75) is 246 Å². The number of imidazole rings is 4. The number of nitrogens with zero attached hydrogens (tertiary/aromatic N) is 11. The Morgan fingerprint density at radius 3 is 1.05 bits per heavy atom. The number of carbonyl (C=O) groups is 1. The smallest absolute Gasteiger partial charge is 1.00 e. The van der Waals surface area contributed by atoms with Crippen molar-refractivity contribution in [2.24, 2.45) is 104 Å². The molecule has 24 nitrogen and oxygen atoms in total. The van der Waals surface area contributed by atoms with Gasteiger partial charge in [0.2, 0.25) is 19.1 Å². The number of Topliss-reactive ketones (excluding diaryl/α,β-unsaturated/α-hetero) is 1. The minimum atomic E-state index is -3.27. The number of carbonyl (C=O) groups excluding carboxylic acids is 1. The van der Waals surface area contributed by atoms with E-state index < -0.39 is 30.8 Å². The van der Waals surface area contributed by atoms with E-state index in [4.69, 9.17) is 27.6 Å². The van der Waals surface area contributed by atoms with Crippen molar-refractivity contribution >= 4 is 44.0 Å². The summed E-state index contributed by atoms with van der Waals surface area (Å²) in [6.07, 6.45) is 41.3. The summed E-state index contributed by atoms with van der Waals surface area (Å²) in [6.45, 7) is 8.66. The molecule has 30 heteroatoms. The molecule has 16 fully saturated rings. The van der Waals surface area contributed by atoms with E-state index in [9.17, 15) is 42.1 Å². The number of halogens is 1. The van der Waals surface area contributed by atoms with Crippen LogP contribution in [0.5, 0.6) is 0 Å². The molecule has 8 heterocycles. The third kappa shape index (κ3) is 16.5. The van der Waals surface area contributed by atoms with E-state index in [0.29, 0.717) is 83.7 Å². The molecular formula is C95H123BClN14Na2O10S2. The van der Waals surface area contributed by atoms with E-state index in [0.717, 1.165) is 146 Å². The van der Waals surface area contributed by atoms with Crippen LogP contribution in [-0.2, 0) is 23.9 Å². The molecule has 10 N–H and O–H groups in total. The molecule has 4 aliphatic heterocycles. The van der Waals surface area contributed by atoms with Gasteiger partial charge in [-0.25, -0.2) is 41.5 Å². The second-order valence-electron chi connectivity index (χ2n) is 41.7. The van der Waals surface area contributed by atoms with Gasteiger partial charge in [0, 0.05) is 76.9 Å². The van der Waals surface area contributed by atoms with Gasteiger partial charge in [-0.1, -0.05) is 97.1 Å². The van der Waals surface area contributed by atoms with Gasteiger partial charge >= 0.3 is 59.1 Å². The Kier molecular flexibility index (Phi) is 26.4. The van der Waals surface area contributed by atoms with E-state index in [1.54, 1.807) is 0 Å². The van der Waals surface area contributed by atoms with Crippen LogP contribution in [0.15, 0.2) is 147 Å². The van der Waals surface area contributed by atoms with E-state index in [-0.39, 0.29) is 144 Å². The quantitative estimate of drug-likeness (QED) is 0.0165. The number of hydrogen-bond donors (Lipinski definition) is 8. The van der Waals surface area contributed by atoms with Gasteiger partial charge in [-0.15, -0.1) is 0 Å². The third-order valence-electron chi connectivity index (χ3n) is 35.0. The first kappa shape index (κ1) is 94.3. The van der Waals surface area contributed by atoms with Crippen molar-refractivity contribution < 1.29 is 108 Å². The number of rotatable bonds is 14. The summed E-state index contributed by atoms with van der Waals surface area (Å²) in [7, 11) is -0.961. The predicted molar refractivity (Wildman–Crippen MR) is 477 cm³/mol. The zero-order valence-corrected chi connectivity index (χ0v) is 80.3. The van der Waals surface area contributed by atoms with Gasteiger partial charge in [-0.3, -0.25) is 9.71 Å². The Hall–Kier alpha value is -5.37. The van der Waals surface area contributed by atoms with Gasteiger partial charge in [-0.2, -0.15) is 0 Å². The number of aromatic nitrogens is 8. The maximum atomic E-state index is 13.7. The zero-order chi connectivity index (χ0) is 86.0. The molecule has 15 unspecified atom stereocenters. The van der Waals surface area contributed by atoms with E-state index in [2.05, 4.69) is 171 Å². The van der Waals surface area contributed by atoms with Crippen LogP contribution in [0.4, 0.5) is 0 Å². The summed E-state index contributed by atoms with van der Waals surface area (Å²) in [5.41, 5.74) is 40.6. The van der Waals surface area contributed by atoms with Crippen LogP contribution < -0.4 is 75.3 Å². The molecule has 20 aliphatic rings. The molecule has 8 aromatic rings. The summed E-state index contributed by atoms with van der Waals surface area (Å²) in [5, 5.41) is 52.8. The summed E-state index contributed by atoms with van der Waals surface area (Å²) < 4.78 is 54.9. The third-order valence-corrected chi connectivity index (χ3v) is 35.8. The van der Waals surface area contributed by atoms with Crippen molar-refractivity contribution in [1.82, 2.24) is 42.9 Å². The van der Waals surface area contributed by atoms with Crippen LogP contribution in [-0.4, -0.2) is 155 Å². The number of hydrogen-bond acceptors (Lipinski definition) is 16. The SMILES string of the molecule is CC1(N)C2CC3CC1CC(C(=O)CC1c4ccccc4-c4cncn41)(C3)C2.CC1(N)C2CC3CC1CC(C(O)CC1c4ccccc4-c4cncn41)(C3)C2.CC1(NS(C)(=O)=O)C2CC3CC1CC(C(O)CC1c4ccccc4-c4cncn41)(C3)C2.CC1(O)C2CC3CC1CC(C(O)CC1c4ccccc4-c4cncn41)(C3)C2.CO.CS(=O)(=O)Cl.[B].[H-].[N-]=[N+]=[N-].[Na+].[Na+]. The van der Waals surface area contributed by atoms with Gasteiger partial charge in [0.15, 0.2) is 0 Å². The predicted octanol–water partition coefficient (Wildman–Crippen LogP) is 9.22. The van der Waals surface area contributed by atoms with Crippen molar-refractivity contribution in [3.8, 4) is 45.0 Å². The minimum absolute atomic E-state index is 0. The average Bonchev–Trinajstić information content (AvgIpc) is 0.820. The van der Waals surface area contributed by atoms with Crippen LogP contribution in [0.25, 0.3) is 61.0 Å². The molecule has 28 rings (SSSR count). The monoisotopic (exact) mass is 1780 g/mol. The molecule has 16 bridgehead atoms. The second kappa shape index (κ2) is 35.0. The summed E-state index contributed by atoms with van der Waals surface area (Å²) in [5.74, 6) is 6.76. The van der Waals surface area contributed by atoms with Crippen molar-refractivity contribution in [3.63, 3.8) is 0 Å². The summed E-state index contributed by atoms with van der Waals surface area (Å²) >= 11 is 0. The normalized spacial score (nSPS) is 37.2. The molecule has 16 aliphatic carbocycles. The number of aliphatic hydroxyl groups is 5. The molecule has 15 atom stereocenters. The molecule has 4 aromatic carbocycles. The van der Waals surface area contributed by atoms with Crippen molar-refractivity contribution in [2.75, 3.05) is 19.6 Å². The van der Waals surface area contributed by atoms with Gasteiger partial charge in [0.1, 0.15) is 5.78 Å². The van der Waals surface area contributed by atoms with Crippen LogP contribution in [0.1, 0.15) is 230 Å². The van der Waals surface area contributed by atoms with Crippen LogP contribution >= 0.6 is 10.7 Å². The van der Waals surface area contributed by atoms with E-state index in [1.807, 2.05) is 57.0 Å². The number of benzene rings is 4. The number of ketones is 1. The second-order valence-corrected chi connectivity index (χ2v) is 46.5. The van der Waals surface area contributed by atoms with Gasteiger partial charge < -0.3 is 67.8 Å². The van der Waals surface area contributed by atoms with E-state index >= 15 is 0 Å². The van der Waals surface area contributed by atoms with Gasteiger partial charge in [0.25, 0.3) is 0 Å². The fraction of sp³-hybridized carbons (Fsp3) is 0.611. The van der Waals surface area contributed by atoms with Gasteiger partial charge in [-0.05, 0) is 285 Å². The molecule has 0 amide bonds. The molecule has 0 saturated heterocycles. The Morgan fingerprint density at radius 2 is 0.728 bits per heavy atom. The standard InChI is InChI=1S/C24H31N3O3S.C23H29N3O.C23H27N3O.C23H28N2O2.CH3ClO2S.CH4O.B.N3.2Na.H/c1-23(26-31(2,29)30)16-7-15-8-17(23)12-24(10-15,11-16)22(28)9-20-18-5-3-4-6-19(18)21-13-25-14-27(20)21;2*1-22(24)15-6-14-7-16(22)11-23(9-14,10-15)21(27)8-19-17-4-2-3-5-18(17)20-12-25-13-26(19)20;1-22(27)15-6-14-7-16(22)11-23(9-14,10-15)21(26)8-19-17-4-2-3-5-18(17)20-12-24-13-25(19)20;1-5(2,3)4;1-2;;1-3-2;;;/h3-6,13-17,20,22,26,28H,7-12H2,1-2H3;2-5,12-16,19,21,27H,6-11,24H2,1H3;2-5,12-16,19H,6-11,24H2,1H3;2-5,12-16,19,21,26-27H,6-11H2,1H3;1H3;2H,1H3;;;;;/q;;;;;;;-1;2*+1;-1. The van der Waals surface area contributed by atoms with E-state index in [1.165, 1.54) is 93.5 Å². The fourth-order valence-corrected chi connectivity index (χ4v) is 30.8. The Bertz CT molecular complexity index is 5360. The first-order valence-electron chi connectivity index (χ1n) is 44.7. The average molecular weight is 1780 g/mol. The molecule has 3 radical (unpaired) electrons. The molecule has 657 valence electrons. The number of nitrogens with one attached hydrogen (secondary N) is 1. The molecule has 4 aromatic heterocycles. The van der Waals surface area contributed by atoms with Crippen LogP contribution in [0.2, 0.25) is 0 Å². The topological polar surface area (TPSA) is 381 Å². The summed E-state index contributed by atoms with van der Waals surface area (Å²) in [4.78, 5) is 32.7. The number of sulfonamides is 1. The minimum Gasteiger partial charge on any atom is -1.00 e. The Morgan fingerprint density at radius 1 is 0.472 bits per heavy atom.